The molecule has 0 fully saturated rings. The summed E-state index contributed by atoms with van der Waals surface area (Å²) in [4.78, 5) is 0. The second-order valence-electron chi connectivity index (χ2n) is 4.11. The second-order valence-corrected chi connectivity index (χ2v) is 4.11. The molecule has 0 radical (unpaired) electrons. The lowest BCUT2D eigenvalue weighted by Gasteiger charge is -2.02. The molecule has 0 aliphatic carbocycles. The number of rotatable bonds is 8. The van der Waals surface area contributed by atoms with Crippen LogP contribution in [-0.2, 0) is 13.1 Å². The Morgan fingerprint density at radius 2 is 2.18 bits per heavy atom. The fourth-order valence-corrected chi connectivity index (χ4v) is 1.66. The topological polar surface area (TPSA) is 50.1 Å². The smallest absolute Gasteiger partial charge is 0.0638 e. The highest BCUT2D eigenvalue weighted by Gasteiger charge is 2.03. The Bertz CT molecular complexity index is 302. The first kappa shape index (κ1) is 16.4. The first-order chi connectivity index (χ1) is 7.77. The maximum atomic E-state index is 8.65. The Morgan fingerprint density at radius 3 is 2.82 bits per heavy atom. The summed E-state index contributed by atoms with van der Waals surface area (Å²) in [7, 11) is 0. The summed E-state index contributed by atoms with van der Waals surface area (Å²) >= 11 is 0. The Labute approximate surface area is 110 Å². The van der Waals surface area contributed by atoms with Crippen molar-refractivity contribution in [1.82, 2.24) is 15.1 Å². The van der Waals surface area contributed by atoms with Crippen LogP contribution in [0.3, 0.4) is 0 Å². The molecule has 1 aromatic heterocycles. The number of aliphatic hydroxyl groups is 1. The monoisotopic (exact) mass is 261 g/mol. The predicted molar refractivity (Wildman–Crippen MR) is 72.5 cm³/mol. The molecule has 0 amide bonds. The van der Waals surface area contributed by atoms with E-state index < -0.39 is 0 Å². The standard InChI is InChI=1S/C12H23N3O.ClH/c1-3-7-15-10-12(11(2)14-15)9-13-6-4-5-8-16;/h10,13,16H,3-9H2,1-2H3;1H. The van der Waals surface area contributed by atoms with E-state index in [2.05, 4.69) is 30.5 Å². The van der Waals surface area contributed by atoms with E-state index in [1.165, 1.54) is 5.56 Å². The minimum Gasteiger partial charge on any atom is -0.396 e. The molecule has 1 heterocycles. The van der Waals surface area contributed by atoms with Crippen LogP contribution < -0.4 is 5.32 Å². The van der Waals surface area contributed by atoms with E-state index in [-0.39, 0.29) is 19.0 Å². The van der Waals surface area contributed by atoms with Gasteiger partial charge in [0.15, 0.2) is 0 Å². The van der Waals surface area contributed by atoms with Gasteiger partial charge in [-0.2, -0.15) is 5.10 Å². The Hall–Kier alpha value is -0.580. The predicted octanol–water partition coefficient (Wildman–Crippen LogP) is 1.89. The van der Waals surface area contributed by atoms with Gasteiger partial charge in [-0.3, -0.25) is 4.68 Å². The SMILES string of the molecule is CCCn1cc(CNCCCCO)c(C)n1.Cl. The minimum atomic E-state index is 0. The van der Waals surface area contributed by atoms with Gasteiger partial charge in [-0.15, -0.1) is 12.4 Å². The lowest BCUT2D eigenvalue weighted by atomic mass is 10.2. The highest BCUT2D eigenvalue weighted by molar-refractivity contribution is 5.85. The summed E-state index contributed by atoms with van der Waals surface area (Å²) in [6.07, 6.45) is 5.14. The second kappa shape index (κ2) is 9.45. The molecule has 0 saturated heterocycles. The maximum absolute atomic E-state index is 8.65. The van der Waals surface area contributed by atoms with Crippen molar-refractivity contribution in [2.24, 2.45) is 0 Å². The van der Waals surface area contributed by atoms with E-state index >= 15 is 0 Å². The van der Waals surface area contributed by atoms with Crippen molar-refractivity contribution in [3.63, 3.8) is 0 Å². The van der Waals surface area contributed by atoms with E-state index in [4.69, 9.17) is 5.11 Å². The Morgan fingerprint density at radius 1 is 1.41 bits per heavy atom. The van der Waals surface area contributed by atoms with Crippen molar-refractivity contribution < 1.29 is 5.11 Å². The number of nitrogens with zero attached hydrogens (tertiary/aromatic N) is 2. The van der Waals surface area contributed by atoms with Crippen LogP contribution in [0.15, 0.2) is 6.20 Å². The Kier molecular flexibility index (Phi) is 9.13. The van der Waals surface area contributed by atoms with Gasteiger partial charge >= 0.3 is 0 Å². The number of aliphatic hydroxyl groups excluding tert-OH is 1. The molecule has 1 aromatic rings. The van der Waals surface area contributed by atoms with Crippen molar-refractivity contribution >= 4 is 12.4 Å². The van der Waals surface area contributed by atoms with Crippen LogP contribution in [0.5, 0.6) is 0 Å². The maximum Gasteiger partial charge on any atom is 0.0638 e. The van der Waals surface area contributed by atoms with Gasteiger partial charge in [-0.1, -0.05) is 6.92 Å². The number of nitrogens with one attached hydrogen (secondary N) is 1. The molecule has 0 aliphatic heterocycles. The first-order valence-electron chi connectivity index (χ1n) is 6.12. The van der Waals surface area contributed by atoms with Gasteiger partial charge in [0.25, 0.3) is 0 Å². The first-order valence-corrected chi connectivity index (χ1v) is 6.12. The summed E-state index contributed by atoms with van der Waals surface area (Å²) in [5, 5.41) is 16.5. The number of unbranched alkanes of at least 4 members (excludes halogenated alkanes) is 1. The molecule has 0 bridgehead atoms. The lowest BCUT2D eigenvalue weighted by molar-refractivity contribution is 0.283. The summed E-state index contributed by atoms with van der Waals surface area (Å²) < 4.78 is 2.01. The molecule has 0 aromatic carbocycles. The van der Waals surface area contributed by atoms with E-state index in [9.17, 15) is 0 Å². The third-order valence-corrected chi connectivity index (χ3v) is 2.58. The normalized spacial score (nSPS) is 10.3. The van der Waals surface area contributed by atoms with Gasteiger partial charge in [-0.05, 0) is 32.7 Å². The van der Waals surface area contributed by atoms with Crippen molar-refractivity contribution in [2.45, 2.75) is 46.2 Å². The average molecular weight is 262 g/mol. The Balaban J connectivity index is 0.00000256. The number of halogens is 1. The van der Waals surface area contributed by atoms with Crippen LogP contribution in [0, 0.1) is 6.92 Å². The molecule has 0 unspecified atom stereocenters. The summed E-state index contributed by atoms with van der Waals surface area (Å²) in [5.74, 6) is 0. The fraction of sp³-hybridized carbons (Fsp3) is 0.750. The molecule has 4 nitrogen and oxygen atoms in total. The van der Waals surface area contributed by atoms with Crippen LogP contribution >= 0.6 is 12.4 Å². The van der Waals surface area contributed by atoms with Crippen molar-refractivity contribution in [3.05, 3.63) is 17.5 Å². The zero-order valence-corrected chi connectivity index (χ0v) is 11.6. The fourth-order valence-electron chi connectivity index (χ4n) is 1.66. The summed E-state index contributed by atoms with van der Waals surface area (Å²) in [6.45, 7) is 7.32. The van der Waals surface area contributed by atoms with E-state index in [0.717, 1.165) is 44.6 Å². The lowest BCUT2D eigenvalue weighted by Crippen LogP contribution is -2.15. The molecular weight excluding hydrogens is 238 g/mol. The van der Waals surface area contributed by atoms with Crippen molar-refractivity contribution in [3.8, 4) is 0 Å². The quantitative estimate of drug-likeness (QED) is 0.703. The molecule has 5 heteroatoms. The highest BCUT2D eigenvalue weighted by Crippen LogP contribution is 2.05. The summed E-state index contributed by atoms with van der Waals surface area (Å²) in [5.41, 5.74) is 2.39. The zero-order chi connectivity index (χ0) is 11.8. The van der Waals surface area contributed by atoms with Gasteiger partial charge < -0.3 is 10.4 Å². The van der Waals surface area contributed by atoms with Crippen LogP contribution in [0.4, 0.5) is 0 Å². The van der Waals surface area contributed by atoms with Gasteiger partial charge in [0.1, 0.15) is 0 Å². The molecule has 0 atom stereocenters. The van der Waals surface area contributed by atoms with E-state index in [1.807, 2.05) is 4.68 Å². The van der Waals surface area contributed by atoms with Crippen LogP contribution in [0.2, 0.25) is 0 Å². The van der Waals surface area contributed by atoms with Gasteiger partial charge in [0.05, 0.1) is 5.69 Å². The number of hydrogen-bond acceptors (Lipinski definition) is 3. The van der Waals surface area contributed by atoms with E-state index in [1.54, 1.807) is 0 Å². The molecule has 17 heavy (non-hydrogen) atoms. The van der Waals surface area contributed by atoms with Crippen molar-refractivity contribution in [2.75, 3.05) is 13.2 Å². The molecule has 0 spiro atoms. The molecule has 2 N–H and O–H groups in total. The van der Waals surface area contributed by atoms with Crippen LogP contribution in [0.1, 0.15) is 37.4 Å². The zero-order valence-electron chi connectivity index (χ0n) is 10.8. The molecule has 0 saturated carbocycles. The minimum absolute atomic E-state index is 0. The molecule has 1 rings (SSSR count). The number of hydrogen-bond donors (Lipinski definition) is 2. The third kappa shape index (κ3) is 6.05. The van der Waals surface area contributed by atoms with E-state index in [0.29, 0.717) is 0 Å². The molecule has 0 aliphatic rings. The van der Waals surface area contributed by atoms with Gasteiger partial charge in [-0.25, -0.2) is 0 Å². The van der Waals surface area contributed by atoms with Crippen LogP contribution in [0.25, 0.3) is 0 Å². The van der Waals surface area contributed by atoms with Crippen molar-refractivity contribution in [1.29, 1.82) is 0 Å². The highest BCUT2D eigenvalue weighted by atomic mass is 35.5. The number of aromatic nitrogens is 2. The van der Waals surface area contributed by atoms with Gasteiger partial charge in [0.2, 0.25) is 0 Å². The average Bonchev–Trinajstić information content (AvgIpc) is 2.60. The van der Waals surface area contributed by atoms with Crippen LogP contribution in [-0.4, -0.2) is 28.0 Å². The van der Waals surface area contributed by atoms with Gasteiger partial charge in [0, 0.05) is 31.5 Å². The molecular formula is C12H24ClN3O. The third-order valence-electron chi connectivity index (χ3n) is 2.58. The summed E-state index contributed by atoms with van der Waals surface area (Å²) in [6, 6.07) is 0. The molecule has 100 valence electrons. The largest absolute Gasteiger partial charge is 0.396 e. The number of aryl methyl sites for hydroxylation is 2.